The van der Waals surface area contributed by atoms with E-state index in [2.05, 4.69) is 9.97 Å². The summed E-state index contributed by atoms with van der Waals surface area (Å²) in [6.45, 7) is 1.93. The van der Waals surface area contributed by atoms with Crippen molar-refractivity contribution in [2.75, 3.05) is 0 Å². The molecule has 0 fully saturated rings. The molecule has 0 aliphatic heterocycles. The number of aromatic amines is 1. The number of phenols is 1. The number of phenolic OH excluding ortho intramolecular Hbond substituents is 1. The van der Waals surface area contributed by atoms with E-state index >= 15 is 0 Å². The Morgan fingerprint density at radius 1 is 1.12 bits per heavy atom. The van der Waals surface area contributed by atoms with E-state index in [-0.39, 0.29) is 35.1 Å². The van der Waals surface area contributed by atoms with Crippen molar-refractivity contribution in [2.45, 2.75) is 19.3 Å². The minimum absolute atomic E-state index is 0.0469. The standard InChI is InChI=1S/C20H18N2O3/c1-13(14-7-9-16(23)10-8-14)11-18(24)17-12-19(25)22-20(21-17)15-5-3-2-4-6-15/h2-10,12-13,23H,11H2,1H3,(H,21,22,25). The number of nitrogens with one attached hydrogen (secondary N) is 1. The summed E-state index contributed by atoms with van der Waals surface area (Å²) >= 11 is 0. The molecule has 1 aromatic heterocycles. The molecule has 0 aliphatic carbocycles. The Balaban J connectivity index is 1.83. The Labute approximate surface area is 145 Å². The van der Waals surface area contributed by atoms with E-state index in [1.807, 2.05) is 37.3 Å². The van der Waals surface area contributed by atoms with E-state index in [4.69, 9.17) is 0 Å². The first-order valence-electron chi connectivity index (χ1n) is 8.02. The van der Waals surface area contributed by atoms with Crippen molar-refractivity contribution in [1.29, 1.82) is 0 Å². The highest BCUT2D eigenvalue weighted by atomic mass is 16.3. The van der Waals surface area contributed by atoms with Crippen LogP contribution >= 0.6 is 0 Å². The number of ketones is 1. The first-order chi connectivity index (χ1) is 12.0. The SMILES string of the molecule is CC(CC(=O)c1cc(=O)[nH]c(-c2ccccc2)n1)c1ccc(O)cc1. The van der Waals surface area contributed by atoms with Crippen LogP contribution in [0.4, 0.5) is 0 Å². The highest BCUT2D eigenvalue weighted by Gasteiger charge is 2.16. The molecule has 3 rings (SSSR count). The van der Waals surface area contributed by atoms with Gasteiger partial charge < -0.3 is 10.1 Å². The van der Waals surface area contributed by atoms with E-state index in [0.717, 1.165) is 11.1 Å². The fraction of sp³-hybridized carbons (Fsp3) is 0.150. The fourth-order valence-corrected chi connectivity index (χ4v) is 2.64. The lowest BCUT2D eigenvalue weighted by Gasteiger charge is -2.11. The zero-order chi connectivity index (χ0) is 17.8. The largest absolute Gasteiger partial charge is 0.508 e. The van der Waals surface area contributed by atoms with Crippen molar-refractivity contribution in [3.8, 4) is 17.1 Å². The molecule has 0 aliphatic rings. The van der Waals surface area contributed by atoms with E-state index < -0.39 is 0 Å². The van der Waals surface area contributed by atoms with Crippen LogP contribution in [0.3, 0.4) is 0 Å². The molecule has 2 aromatic carbocycles. The highest BCUT2D eigenvalue weighted by molar-refractivity contribution is 5.95. The summed E-state index contributed by atoms with van der Waals surface area (Å²) in [5.41, 5.74) is 1.50. The molecule has 0 spiro atoms. The van der Waals surface area contributed by atoms with Gasteiger partial charge in [0.2, 0.25) is 0 Å². The van der Waals surface area contributed by atoms with Crippen LogP contribution in [0.5, 0.6) is 5.75 Å². The first-order valence-corrected chi connectivity index (χ1v) is 8.02. The monoisotopic (exact) mass is 334 g/mol. The molecule has 1 atom stereocenters. The fourth-order valence-electron chi connectivity index (χ4n) is 2.64. The predicted octanol–water partition coefficient (Wildman–Crippen LogP) is 3.52. The van der Waals surface area contributed by atoms with Crippen molar-refractivity contribution < 1.29 is 9.90 Å². The smallest absolute Gasteiger partial charge is 0.251 e. The predicted molar refractivity (Wildman–Crippen MR) is 95.8 cm³/mol. The lowest BCUT2D eigenvalue weighted by Crippen LogP contribution is -2.15. The Hall–Kier alpha value is -3.21. The zero-order valence-corrected chi connectivity index (χ0v) is 13.8. The van der Waals surface area contributed by atoms with E-state index in [1.165, 1.54) is 6.07 Å². The third kappa shape index (κ3) is 4.01. The van der Waals surface area contributed by atoms with Crippen LogP contribution in [0, 0.1) is 0 Å². The van der Waals surface area contributed by atoms with Gasteiger partial charge in [-0.15, -0.1) is 0 Å². The van der Waals surface area contributed by atoms with Crippen LogP contribution < -0.4 is 5.56 Å². The summed E-state index contributed by atoms with van der Waals surface area (Å²) < 4.78 is 0. The number of aromatic hydroxyl groups is 1. The van der Waals surface area contributed by atoms with Gasteiger partial charge in [-0.1, -0.05) is 49.4 Å². The third-order valence-electron chi connectivity index (χ3n) is 4.03. The molecule has 0 saturated carbocycles. The number of carbonyl (C=O) groups is 1. The summed E-state index contributed by atoms with van der Waals surface area (Å²) in [6.07, 6.45) is 0.232. The highest BCUT2D eigenvalue weighted by Crippen LogP contribution is 2.23. The minimum Gasteiger partial charge on any atom is -0.508 e. The van der Waals surface area contributed by atoms with Gasteiger partial charge in [-0.3, -0.25) is 9.59 Å². The molecular weight excluding hydrogens is 316 g/mol. The number of H-pyrrole nitrogens is 1. The van der Waals surface area contributed by atoms with Gasteiger partial charge in [0.05, 0.1) is 0 Å². The van der Waals surface area contributed by atoms with Crippen molar-refractivity contribution in [3.05, 3.63) is 82.3 Å². The quantitative estimate of drug-likeness (QED) is 0.699. The normalized spacial score (nSPS) is 11.9. The van der Waals surface area contributed by atoms with E-state index in [1.54, 1.807) is 24.3 Å². The topological polar surface area (TPSA) is 83.0 Å². The maximum Gasteiger partial charge on any atom is 0.251 e. The number of rotatable bonds is 5. The number of hydrogen-bond donors (Lipinski definition) is 2. The van der Waals surface area contributed by atoms with E-state index in [9.17, 15) is 14.7 Å². The van der Waals surface area contributed by atoms with Crippen LogP contribution in [-0.2, 0) is 0 Å². The van der Waals surface area contributed by atoms with Crippen molar-refractivity contribution >= 4 is 5.78 Å². The molecule has 0 bridgehead atoms. The summed E-state index contributed by atoms with van der Waals surface area (Å²) in [5, 5.41) is 9.35. The Morgan fingerprint density at radius 3 is 2.48 bits per heavy atom. The second-order valence-corrected chi connectivity index (χ2v) is 5.97. The summed E-state index contributed by atoms with van der Waals surface area (Å²) in [6, 6.07) is 17.2. The minimum atomic E-state index is -0.352. The third-order valence-corrected chi connectivity index (χ3v) is 4.03. The second-order valence-electron chi connectivity index (χ2n) is 5.97. The second kappa shape index (κ2) is 7.13. The molecule has 5 nitrogen and oxygen atoms in total. The van der Waals surface area contributed by atoms with Gasteiger partial charge in [0, 0.05) is 18.1 Å². The number of aromatic nitrogens is 2. The molecule has 0 radical (unpaired) electrons. The number of carbonyl (C=O) groups excluding carboxylic acids is 1. The van der Waals surface area contributed by atoms with Gasteiger partial charge >= 0.3 is 0 Å². The van der Waals surface area contributed by atoms with Crippen LogP contribution in [0.15, 0.2) is 65.5 Å². The Kier molecular flexibility index (Phi) is 4.75. The van der Waals surface area contributed by atoms with Crippen LogP contribution in [-0.4, -0.2) is 20.9 Å². The van der Waals surface area contributed by atoms with Crippen LogP contribution in [0.25, 0.3) is 11.4 Å². The molecule has 126 valence electrons. The number of benzene rings is 2. The molecular formula is C20H18N2O3. The average molecular weight is 334 g/mol. The average Bonchev–Trinajstić information content (AvgIpc) is 2.62. The zero-order valence-electron chi connectivity index (χ0n) is 13.8. The van der Waals surface area contributed by atoms with Crippen molar-refractivity contribution in [2.24, 2.45) is 0 Å². The van der Waals surface area contributed by atoms with Crippen molar-refractivity contribution in [3.63, 3.8) is 0 Å². The van der Waals surface area contributed by atoms with E-state index in [0.29, 0.717) is 5.82 Å². The molecule has 0 saturated heterocycles. The van der Waals surface area contributed by atoms with Gasteiger partial charge in [0.25, 0.3) is 5.56 Å². The van der Waals surface area contributed by atoms with Crippen LogP contribution in [0.2, 0.25) is 0 Å². The number of nitrogens with zero attached hydrogens (tertiary/aromatic N) is 1. The van der Waals surface area contributed by atoms with Gasteiger partial charge in [-0.25, -0.2) is 4.98 Å². The summed E-state index contributed by atoms with van der Waals surface area (Å²) in [5.74, 6) is 0.331. The van der Waals surface area contributed by atoms with Gasteiger partial charge in [-0.05, 0) is 23.6 Å². The first kappa shape index (κ1) is 16.6. The molecule has 1 heterocycles. The number of Topliss-reactive ketones (excluding diaryl/α,β-unsaturated/α-hetero) is 1. The Bertz CT molecular complexity index is 931. The molecule has 2 N–H and O–H groups in total. The van der Waals surface area contributed by atoms with Gasteiger partial charge in [-0.2, -0.15) is 0 Å². The van der Waals surface area contributed by atoms with Gasteiger partial charge in [0.15, 0.2) is 5.78 Å². The summed E-state index contributed by atoms with van der Waals surface area (Å²) in [4.78, 5) is 31.5. The molecule has 25 heavy (non-hydrogen) atoms. The molecule has 3 aromatic rings. The maximum atomic E-state index is 12.6. The lowest BCUT2D eigenvalue weighted by atomic mass is 9.94. The summed E-state index contributed by atoms with van der Waals surface area (Å²) in [7, 11) is 0. The molecule has 0 amide bonds. The lowest BCUT2D eigenvalue weighted by molar-refractivity contribution is 0.0970. The number of hydrogen-bond acceptors (Lipinski definition) is 4. The maximum absolute atomic E-state index is 12.6. The van der Waals surface area contributed by atoms with Crippen LogP contribution in [0.1, 0.15) is 35.3 Å². The van der Waals surface area contributed by atoms with Gasteiger partial charge in [0.1, 0.15) is 17.3 Å². The Morgan fingerprint density at radius 2 is 1.80 bits per heavy atom. The molecule has 5 heteroatoms. The molecule has 1 unspecified atom stereocenters. The van der Waals surface area contributed by atoms with Crippen molar-refractivity contribution in [1.82, 2.24) is 9.97 Å².